The van der Waals surface area contributed by atoms with Crippen LogP contribution in [0.25, 0.3) is 0 Å². The number of esters is 1. The number of ether oxygens (including phenoxy) is 3. The molecule has 1 heterocycles. The number of nitrogens with zero attached hydrogens (tertiary/aromatic N) is 3. The van der Waals surface area contributed by atoms with Gasteiger partial charge < -0.3 is 14.2 Å². The topological polar surface area (TPSA) is 84.6 Å². The number of aromatic nitrogens is 3. The molecule has 0 bridgehead atoms. The molecule has 0 amide bonds. The lowest BCUT2D eigenvalue weighted by molar-refractivity contribution is -0.158. The van der Waals surface area contributed by atoms with Crippen molar-refractivity contribution in [3.05, 3.63) is 76.0 Å². The highest BCUT2D eigenvalue weighted by Crippen LogP contribution is 2.21. The summed E-state index contributed by atoms with van der Waals surface area (Å²) in [5.41, 5.74) is 0.985. The maximum absolute atomic E-state index is 13.0. The Morgan fingerprint density at radius 3 is 2.42 bits per heavy atom. The van der Waals surface area contributed by atoms with Gasteiger partial charge in [-0.15, -0.1) is 0 Å². The van der Waals surface area contributed by atoms with Gasteiger partial charge in [0.05, 0.1) is 20.3 Å². The molecular formula is C28H37N3O5. The molecule has 0 radical (unpaired) electrons. The molecule has 0 fully saturated rings. The van der Waals surface area contributed by atoms with Crippen molar-refractivity contribution >= 4 is 5.97 Å². The highest BCUT2D eigenvalue weighted by Gasteiger charge is 2.31. The maximum atomic E-state index is 13.0. The molecule has 0 aliphatic carbocycles. The molecule has 0 atom stereocenters. The van der Waals surface area contributed by atoms with Crippen molar-refractivity contribution in [1.82, 2.24) is 14.3 Å². The van der Waals surface area contributed by atoms with Crippen LogP contribution in [0.2, 0.25) is 0 Å². The van der Waals surface area contributed by atoms with Gasteiger partial charge in [-0.3, -0.25) is 4.57 Å². The summed E-state index contributed by atoms with van der Waals surface area (Å²) in [7, 11) is 1.63. The number of benzene rings is 2. The van der Waals surface area contributed by atoms with E-state index >= 15 is 0 Å². The molecule has 0 N–H and O–H groups in total. The van der Waals surface area contributed by atoms with Crippen LogP contribution in [0.4, 0.5) is 0 Å². The number of carbonyl (C=O) groups excluding carboxylic acids is 1. The first kappa shape index (κ1) is 27.0. The summed E-state index contributed by atoms with van der Waals surface area (Å²) in [6.07, 6.45) is 3.26. The standard InChI is InChI=1S/C28H37N3O5/c1-6-18-30-25(29-31(27(30)33)20-22-11-8-12-24(19-22)34-5)13-9-10-21-14-16-23(17-15-21)36-28(3,4)26(32)35-7-2/h8,11-12,14-17,19H,6-7,9-10,13,18,20H2,1-5H3. The predicted octanol–water partition coefficient (Wildman–Crippen LogP) is 4.41. The van der Waals surface area contributed by atoms with Crippen LogP contribution in [0.15, 0.2) is 53.3 Å². The Bertz CT molecular complexity index is 1190. The lowest BCUT2D eigenvalue weighted by atomic mass is 10.1. The molecule has 0 saturated carbocycles. The maximum Gasteiger partial charge on any atom is 0.349 e. The molecule has 0 aliphatic rings. The molecule has 3 aromatic rings. The summed E-state index contributed by atoms with van der Waals surface area (Å²) in [4.78, 5) is 25.1. The molecule has 8 nitrogen and oxygen atoms in total. The first-order chi connectivity index (χ1) is 17.3. The number of carbonyl (C=O) groups is 1. The fourth-order valence-electron chi connectivity index (χ4n) is 3.98. The van der Waals surface area contributed by atoms with Gasteiger partial charge in [-0.2, -0.15) is 5.10 Å². The van der Waals surface area contributed by atoms with Gasteiger partial charge in [0, 0.05) is 13.0 Å². The minimum atomic E-state index is -1.05. The number of methoxy groups -OCH3 is 1. The van der Waals surface area contributed by atoms with Gasteiger partial charge in [0.15, 0.2) is 5.60 Å². The molecule has 0 unspecified atom stereocenters. The number of hydrogen-bond acceptors (Lipinski definition) is 6. The van der Waals surface area contributed by atoms with Crippen LogP contribution in [-0.4, -0.2) is 39.6 Å². The second-order valence-corrected chi connectivity index (χ2v) is 9.19. The lowest BCUT2D eigenvalue weighted by Gasteiger charge is -2.24. The van der Waals surface area contributed by atoms with Gasteiger partial charge in [0.1, 0.15) is 17.3 Å². The highest BCUT2D eigenvalue weighted by molar-refractivity contribution is 5.79. The lowest BCUT2D eigenvalue weighted by Crippen LogP contribution is -2.39. The minimum absolute atomic E-state index is 0.0830. The van der Waals surface area contributed by atoms with Gasteiger partial charge >= 0.3 is 11.7 Å². The van der Waals surface area contributed by atoms with Crippen molar-refractivity contribution in [2.24, 2.45) is 0 Å². The van der Waals surface area contributed by atoms with Crippen molar-refractivity contribution in [3.63, 3.8) is 0 Å². The Morgan fingerprint density at radius 2 is 1.75 bits per heavy atom. The molecule has 0 saturated heterocycles. The van der Waals surface area contributed by atoms with E-state index in [-0.39, 0.29) is 5.69 Å². The zero-order valence-electron chi connectivity index (χ0n) is 22.0. The van der Waals surface area contributed by atoms with Crippen molar-refractivity contribution in [1.29, 1.82) is 0 Å². The van der Waals surface area contributed by atoms with E-state index in [0.29, 0.717) is 31.9 Å². The van der Waals surface area contributed by atoms with Crippen LogP contribution in [-0.2, 0) is 35.5 Å². The quantitative estimate of drug-likeness (QED) is 0.327. The normalized spacial score (nSPS) is 11.4. The summed E-state index contributed by atoms with van der Waals surface area (Å²) in [6.45, 7) is 8.59. The molecule has 3 rings (SSSR count). The Balaban J connectivity index is 1.63. The van der Waals surface area contributed by atoms with E-state index in [9.17, 15) is 9.59 Å². The van der Waals surface area contributed by atoms with Crippen LogP contribution in [0, 0.1) is 0 Å². The van der Waals surface area contributed by atoms with Crippen LogP contribution >= 0.6 is 0 Å². The second kappa shape index (κ2) is 12.4. The van der Waals surface area contributed by atoms with Gasteiger partial charge in [0.2, 0.25) is 0 Å². The summed E-state index contributed by atoms with van der Waals surface area (Å²) in [5, 5.41) is 4.66. The third kappa shape index (κ3) is 6.99. The van der Waals surface area contributed by atoms with Crippen LogP contribution in [0.3, 0.4) is 0 Å². The molecule has 8 heteroatoms. The third-order valence-electron chi connectivity index (χ3n) is 5.84. The van der Waals surface area contributed by atoms with Crippen molar-refractivity contribution in [2.75, 3.05) is 13.7 Å². The monoisotopic (exact) mass is 495 g/mol. The third-order valence-corrected chi connectivity index (χ3v) is 5.84. The highest BCUT2D eigenvalue weighted by atomic mass is 16.6. The van der Waals surface area contributed by atoms with E-state index in [2.05, 4.69) is 12.0 Å². The van der Waals surface area contributed by atoms with Crippen molar-refractivity contribution in [3.8, 4) is 11.5 Å². The molecule has 36 heavy (non-hydrogen) atoms. The predicted molar refractivity (Wildman–Crippen MR) is 139 cm³/mol. The average molecular weight is 496 g/mol. The number of aryl methyl sites for hydroxylation is 2. The first-order valence-electron chi connectivity index (χ1n) is 12.5. The Morgan fingerprint density at radius 1 is 1.00 bits per heavy atom. The number of rotatable bonds is 13. The molecular weight excluding hydrogens is 458 g/mol. The zero-order chi connectivity index (χ0) is 26.1. The average Bonchev–Trinajstić information content (AvgIpc) is 3.14. The molecule has 2 aromatic carbocycles. The van der Waals surface area contributed by atoms with Crippen LogP contribution < -0.4 is 15.2 Å². The zero-order valence-corrected chi connectivity index (χ0v) is 22.0. The smallest absolute Gasteiger partial charge is 0.349 e. The van der Waals surface area contributed by atoms with Crippen molar-refractivity contribution < 1.29 is 19.0 Å². The minimum Gasteiger partial charge on any atom is -0.497 e. The van der Waals surface area contributed by atoms with Gasteiger partial charge in [0.25, 0.3) is 0 Å². The summed E-state index contributed by atoms with van der Waals surface area (Å²) < 4.78 is 19.5. The first-order valence-corrected chi connectivity index (χ1v) is 12.5. The van der Waals surface area contributed by atoms with Gasteiger partial charge in [-0.1, -0.05) is 31.2 Å². The molecule has 1 aromatic heterocycles. The van der Waals surface area contributed by atoms with Crippen molar-refractivity contribution in [2.45, 2.75) is 72.1 Å². The Hall–Kier alpha value is -3.55. The van der Waals surface area contributed by atoms with Gasteiger partial charge in [-0.25, -0.2) is 14.3 Å². The van der Waals surface area contributed by atoms with E-state index in [1.807, 2.05) is 48.5 Å². The van der Waals surface area contributed by atoms with Gasteiger partial charge in [-0.05, 0) is 75.4 Å². The SMILES string of the molecule is CCCn1c(CCCc2ccc(OC(C)(C)C(=O)OCC)cc2)nn(Cc2cccc(OC)c2)c1=O. The summed E-state index contributed by atoms with van der Waals surface area (Å²) >= 11 is 0. The molecule has 0 spiro atoms. The van der Waals surface area contributed by atoms with E-state index < -0.39 is 11.6 Å². The van der Waals surface area contributed by atoms with E-state index in [4.69, 9.17) is 14.2 Å². The number of hydrogen-bond donors (Lipinski definition) is 0. The fourth-order valence-corrected chi connectivity index (χ4v) is 3.98. The van der Waals surface area contributed by atoms with E-state index in [1.165, 1.54) is 4.68 Å². The van der Waals surface area contributed by atoms with E-state index in [0.717, 1.165) is 42.0 Å². The summed E-state index contributed by atoms with van der Waals surface area (Å²) in [6, 6.07) is 15.4. The fraction of sp³-hybridized carbons (Fsp3) is 0.464. The Labute approximate surface area is 212 Å². The largest absolute Gasteiger partial charge is 0.497 e. The Kier molecular flexibility index (Phi) is 9.33. The second-order valence-electron chi connectivity index (χ2n) is 9.19. The van der Waals surface area contributed by atoms with Crippen LogP contribution in [0.5, 0.6) is 11.5 Å². The van der Waals surface area contributed by atoms with E-state index in [1.54, 1.807) is 32.4 Å². The summed E-state index contributed by atoms with van der Waals surface area (Å²) in [5.74, 6) is 1.79. The van der Waals surface area contributed by atoms with Crippen LogP contribution in [0.1, 0.15) is 57.5 Å². The molecule has 0 aliphatic heterocycles. The molecule has 194 valence electrons.